The van der Waals surface area contributed by atoms with Crippen molar-refractivity contribution < 1.29 is 0 Å². The highest BCUT2D eigenvalue weighted by Crippen LogP contribution is 2.43. The Morgan fingerprint density at radius 2 is 1.43 bits per heavy atom. The second-order valence-corrected chi connectivity index (χ2v) is 9.32. The summed E-state index contributed by atoms with van der Waals surface area (Å²) in [6, 6.07) is 0.584. The van der Waals surface area contributed by atoms with E-state index < -0.39 is 0 Å². The zero-order valence-electron chi connectivity index (χ0n) is 12.9. The smallest absolute Gasteiger partial charge is 0.109 e. The third-order valence-electron chi connectivity index (χ3n) is 5.80. The molecule has 0 N–H and O–H groups in total. The fourth-order valence-electron chi connectivity index (χ4n) is 4.70. The summed E-state index contributed by atoms with van der Waals surface area (Å²) >= 11 is 4.95. The van der Waals surface area contributed by atoms with Crippen molar-refractivity contribution in [3.8, 4) is 0 Å². The average molecular weight is 511 g/mol. The Hall–Kier alpha value is 0.870. The fourth-order valence-corrected chi connectivity index (χ4v) is 5.79. The van der Waals surface area contributed by atoms with E-state index in [2.05, 4.69) is 51.3 Å². The quantitative estimate of drug-likeness (QED) is 0.322. The van der Waals surface area contributed by atoms with Gasteiger partial charge in [-0.15, -0.1) is 0 Å². The van der Waals surface area contributed by atoms with E-state index in [1.807, 2.05) is 0 Å². The highest BCUT2D eigenvalue weighted by molar-refractivity contribution is 14.1. The lowest BCUT2D eigenvalue weighted by Gasteiger charge is -2.38. The van der Waals surface area contributed by atoms with Crippen LogP contribution < -0.4 is 0 Å². The van der Waals surface area contributed by atoms with Crippen LogP contribution in [-0.2, 0) is 0 Å². The van der Waals surface area contributed by atoms with Crippen molar-refractivity contribution in [2.75, 3.05) is 0 Å². The highest BCUT2D eigenvalue weighted by atomic mass is 127. The molecule has 1 nitrogen and oxygen atoms in total. The van der Waals surface area contributed by atoms with Crippen LogP contribution >= 0.6 is 45.2 Å². The molecule has 0 aromatic rings. The van der Waals surface area contributed by atoms with Gasteiger partial charge < -0.3 is 0 Å². The largest absolute Gasteiger partial charge is 0.274 e. The Morgan fingerprint density at radius 1 is 0.810 bits per heavy atom. The Balaban J connectivity index is 1.87. The monoisotopic (exact) mass is 511 g/mol. The molecule has 3 aliphatic rings. The van der Waals surface area contributed by atoms with E-state index in [0.29, 0.717) is 6.04 Å². The predicted molar refractivity (Wildman–Crippen MR) is 109 cm³/mol. The van der Waals surface area contributed by atoms with Gasteiger partial charge in [0.15, 0.2) is 0 Å². The number of dihydropyridines is 1. The maximum Gasteiger partial charge on any atom is 0.109 e. The van der Waals surface area contributed by atoms with Gasteiger partial charge in [-0.05, 0) is 69.9 Å². The first-order valence-corrected chi connectivity index (χ1v) is 11.0. The number of aliphatic imine (C=N–C) groups is 1. The Kier molecular flexibility index (Phi) is 6.46. The van der Waals surface area contributed by atoms with E-state index in [9.17, 15) is 0 Å². The molecule has 2 aliphatic carbocycles. The van der Waals surface area contributed by atoms with E-state index in [1.54, 1.807) is 0 Å². The molecule has 0 amide bonds. The first kappa shape index (κ1) is 16.7. The van der Waals surface area contributed by atoms with Crippen LogP contribution in [0.25, 0.3) is 0 Å². The SMILES string of the molecule is IC1=CC2C(CCCCCC3CCCCCCC32)N=C1I. The average Bonchev–Trinajstić information content (AvgIpc) is 2.50. The zero-order valence-corrected chi connectivity index (χ0v) is 17.2. The molecule has 1 heterocycles. The van der Waals surface area contributed by atoms with E-state index in [0.717, 1.165) is 17.8 Å². The lowest BCUT2D eigenvalue weighted by atomic mass is 9.70. The van der Waals surface area contributed by atoms with Crippen molar-refractivity contribution in [3.63, 3.8) is 0 Å². The van der Waals surface area contributed by atoms with Crippen LogP contribution in [0.1, 0.15) is 70.6 Å². The van der Waals surface area contributed by atoms with Crippen molar-refractivity contribution in [2.45, 2.75) is 76.7 Å². The molecule has 3 rings (SSSR count). The van der Waals surface area contributed by atoms with Gasteiger partial charge in [-0.3, -0.25) is 4.99 Å². The molecule has 118 valence electrons. The van der Waals surface area contributed by atoms with Gasteiger partial charge in [0.05, 0.1) is 6.04 Å². The van der Waals surface area contributed by atoms with Crippen LogP contribution in [0.2, 0.25) is 0 Å². The minimum absolute atomic E-state index is 0.584. The number of halogens is 2. The summed E-state index contributed by atoms with van der Waals surface area (Å²) in [5.74, 6) is 2.62. The predicted octanol–water partition coefficient (Wildman–Crippen LogP) is 6.69. The molecule has 1 aliphatic heterocycles. The number of hydrogen-bond acceptors (Lipinski definition) is 1. The number of rotatable bonds is 0. The maximum atomic E-state index is 5.10. The number of allylic oxidation sites excluding steroid dienone is 1. The minimum Gasteiger partial charge on any atom is -0.274 e. The molecule has 0 bridgehead atoms. The molecule has 21 heavy (non-hydrogen) atoms. The summed E-state index contributed by atoms with van der Waals surface area (Å²) in [5.41, 5.74) is 0. The normalized spacial score (nSPS) is 38.4. The second kappa shape index (κ2) is 8.11. The first-order valence-electron chi connectivity index (χ1n) is 8.86. The minimum atomic E-state index is 0.584. The van der Waals surface area contributed by atoms with Crippen molar-refractivity contribution >= 4 is 48.9 Å². The summed E-state index contributed by atoms with van der Waals surface area (Å²) in [6.07, 6.45) is 18.5. The van der Waals surface area contributed by atoms with Crippen LogP contribution in [0.3, 0.4) is 0 Å². The lowest BCUT2D eigenvalue weighted by Crippen LogP contribution is -2.33. The van der Waals surface area contributed by atoms with Gasteiger partial charge >= 0.3 is 0 Å². The maximum absolute atomic E-state index is 5.10. The highest BCUT2D eigenvalue weighted by Gasteiger charge is 2.36. The molecule has 0 aromatic carbocycles. The fraction of sp³-hybridized carbons (Fsp3) is 0.833. The molecule has 3 heteroatoms. The first-order chi connectivity index (χ1) is 10.3. The van der Waals surface area contributed by atoms with Gasteiger partial charge in [-0.25, -0.2) is 0 Å². The van der Waals surface area contributed by atoms with E-state index in [4.69, 9.17) is 4.99 Å². The van der Waals surface area contributed by atoms with Crippen LogP contribution in [0.15, 0.2) is 14.6 Å². The van der Waals surface area contributed by atoms with E-state index in [1.165, 1.54) is 77.9 Å². The number of nitrogens with zero attached hydrogens (tertiary/aromatic N) is 1. The van der Waals surface area contributed by atoms with Gasteiger partial charge in [0.25, 0.3) is 0 Å². The summed E-state index contributed by atoms with van der Waals surface area (Å²) in [7, 11) is 0. The van der Waals surface area contributed by atoms with Gasteiger partial charge in [-0.2, -0.15) is 0 Å². The van der Waals surface area contributed by atoms with Crippen LogP contribution in [0.5, 0.6) is 0 Å². The van der Waals surface area contributed by atoms with Gasteiger partial charge in [0.1, 0.15) is 3.72 Å². The Labute approximate surface area is 157 Å². The summed E-state index contributed by atoms with van der Waals surface area (Å²) in [5, 5.41) is 0. The third kappa shape index (κ3) is 4.24. The molecule has 0 radical (unpaired) electrons. The molecular weight excluding hydrogens is 484 g/mol. The van der Waals surface area contributed by atoms with Gasteiger partial charge in [0.2, 0.25) is 0 Å². The van der Waals surface area contributed by atoms with Crippen molar-refractivity contribution in [3.05, 3.63) is 9.66 Å². The molecule has 0 spiro atoms. The molecular formula is C18H27I2N. The third-order valence-corrected chi connectivity index (χ3v) is 8.56. The van der Waals surface area contributed by atoms with E-state index in [-0.39, 0.29) is 0 Å². The lowest BCUT2D eigenvalue weighted by molar-refractivity contribution is 0.180. The molecule has 4 unspecified atom stereocenters. The summed E-state index contributed by atoms with van der Waals surface area (Å²) in [4.78, 5) is 5.10. The molecule has 4 atom stereocenters. The van der Waals surface area contributed by atoms with Gasteiger partial charge in [0, 0.05) is 9.50 Å². The van der Waals surface area contributed by atoms with E-state index >= 15 is 0 Å². The summed E-state index contributed by atoms with van der Waals surface area (Å²) < 4.78 is 2.67. The standard InChI is InChI=1S/C18H27I2N/c19-16-12-15-14-10-6-2-1-4-8-13(14)9-5-3-7-11-17(15)21-18(16)20/h12-15,17H,1-11H2. The molecule has 0 saturated heterocycles. The molecule has 2 fully saturated rings. The zero-order chi connectivity index (χ0) is 14.7. The van der Waals surface area contributed by atoms with Crippen molar-refractivity contribution in [1.29, 1.82) is 0 Å². The molecule has 0 aromatic heterocycles. The Morgan fingerprint density at radius 3 is 2.19 bits per heavy atom. The number of hydrogen-bond donors (Lipinski definition) is 0. The van der Waals surface area contributed by atoms with Crippen molar-refractivity contribution in [1.82, 2.24) is 0 Å². The van der Waals surface area contributed by atoms with Gasteiger partial charge in [-0.1, -0.05) is 63.9 Å². The van der Waals surface area contributed by atoms with Crippen molar-refractivity contribution in [2.24, 2.45) is 22.7 Å². The molecule has 2 saturated carbocycles. The summed E-state index contributed by atoms with van der Waals surface area (Å²) in [6.45, 7) is 0. The van der Waals surface area contributed by atoms with Crippen LogP contribution in [-0.4, -0.2) is 9.76 Å². The topological polar surface area (TPSA) is 12.4 Å². The number of fused-ring (bicyclic) bond motifs is 3. The van der Waals surface area contributed by atoms with Crippen LogP contribution in [0, 0.1) is 17.8 Å². The Bertz CT molecular complexity index is 415. The van der Waals surface area contributed by atoms with Crippen LogP contribution in [0.4, 0.5) is 0 Å². The second-order valence-electron chi connectivity index (χ2n) is 7.13.